The standard InChI is InChI=1S/C17H28N4S/c1-13-12-16(19-17(18-13)22-3)21-10-6-15(7-11-21)14(2)20-8-4-5-9-20/h12,14-15H,4-11H2,1-3H3. The monoisotopic (exact) mass is 320 g/mol. The van der Waals surface area contributed by atoms with E-state index >= 15 is 0 Å². The Morgan fingerprint density at radius 1 is 1.14 bits per heavy atom. The Kier molecular flexibility index (Phi) is 5.24. The lowest BCUT2D eigenvalue weighted by Crippen LogP contribution is -2.43. The maximum Gasteiger partial charge on any atom is 0.189 e. The molecule has 0 amide bonds. The van der Waals surface area contributed by atoms with Gasteiger partial charge in [0.25, 0.3) is 0 Å². The number of thioether (sulfide) groups is 1. The summed E-state index contributed by atoms with van der Waals surface area (Å²) in [5.41, 5.74) is 1.07. The highest BCUT2D eigenvalue weighted by atomic mass is 32.2. The van der Waals surface area contributed by atoms with Gasteiger partial charge in [-0.05, 0) is 64.8 Å². The normalized spacial score (nSPS) is 22.2. The van der Waals surface area contributed by atoms with Gasteiger partial charge in [0, 0.05) is 30.9 Å². The van der Waals surface area contributed by atoms with Crippen LogP contribution in [0.15, 0.2) is 11.2 Å². The van der Waals surface area contributed by atoms with Crippen molar-refractivity contribution in [1.29, 1.82) is 0 Å². The van der Waals surface area contributed by atoms with Gasteiger partial charge in [0.15, 0.2) is 5.16 Å². The molecule has 1 aromatic heterocycles. The van der Waals surface area contributed by atoms with E-state index in [1.807, 2.05) is 6.26 Å². The summed E-state index contributed by atoms with van der Waals surface area (Å²) in [6.07, 6.45) is 7.40. The van der Waals surface area contributed by atoms with E-state index in [-0.39, 0.29) is 0 Å². The Morgan fingerprint density at radius 2 is 1.82 bits per heavy atom. The summed E-state index contributed by atoms with van der Waals surface area (Å²) in [6, 6.07) is 2.88. The van der Waals surface area contributed by atoms with E-state index in [0.29, 0.717) is 0 Å². The highest BCUT2D eigenvalue weighted by molar-refractivity contribution is 7.98. The number of hydrogen-bond donors (Lipinski definition) is 0. The van der Waals surface area contributed by atoms with Crippen molar-refractivity contribution in [3.05, 3.63) is 11.8 Å². The number of piperidine rings is 1. The molecule has 2 saturated heterocycles. The van der Waals surface area contributed by atoms with Crippen LogP contribution in [-0.4, -0.2) is 53.3 Å². The zero-order valence-electron chi connectivity index (χ0n) is 14.1. The van der Waals surface area contributed by atoms with Crippen molar-refractivity contribution in [2.75, 3.05) is 37.3 Å². The van der Waals surface area contributed by atoms with Crippen LogP contribution >= 0.6 is 11.8 Å². The van der Waals surface area contributed by atoms with Gasteiger partial charge in [-0.2, -0.15) is 0 Å². The quantitative estimate of drug-likeness (QED) is 0.628. The van der Waals surface area contributed by atoms with Crippen LogP contribution in [0.3, 0.4) is 0 Å². The summed E-state index contributed by atoms with van der Waals surface area (Å²) < 4.78 is 0. The van der Waals surface area contributed by atoms with Gasteiger partial charge < -0.3 is 9.80 Å². The van der Waals surface area contributed by atoms with Crippen LogP contribution in [-0.2, 0) is 0 Å². The van der Waals surface area contributed by atoms with E-state index in [1.165, 1.54) is 38.8 Å². The first kappa shape index (κ1) is 16.1. The van der Waals surface area contributed by atoms with Crippen molar-refractivity contribution in [2.24, 2.45) is 5.92 Å². The van der Waals surface area contributed by atoms with Crippen LogP contribution in [0.5, 0.6) is 0 Å². The number of hydrogen-bond acceptors (Lipinski definition) is 5. The highest BCUT2D eigenvalue weighted by Gasteiger charge is 2.29. The molecule has 1 unspecified atom stereocenters. The number of nitrogens with zero attached hydrogens (tertiary/aromatic N) is 4. The first-order valence-electron chi connectivity index (χ1n) is 8.56. The second-order valence-corrected chi connectivity index (χ2v) is 7.44. The summed E-state index contributed by atoms with van der Waals surface area (Å²) in [6.45, 7) is 9.38. The third-order valence-corrected chi connectivity index (χ3v) is 5.81. The summed E-state index contributed by atoms with van der Waals surface area (Å²) >= 11 is 1.63. The fraction of sp³-hybridized carbons (Fsp3) is 0.765. The minimum absolute atomic E-state index is 0.749. The lowest BCUT2D eigenvalue weighted by Gasteiger charge is -2.38. The zero-order chi connectivity index (χ0) is 15.5. The average molecular weight is 321 g/mol. The number of rotatable bonds is 4. The molecule has 0 aliphatic carbocycles. The molecule has 0 aromatic carbocycles. The number of likely N-dealkylation sites (tertiary alicyclic amines) is 1. The Morgan fingerprint density at radius 3 is 2.45 bits per heavy atom. The lowest BCUT2D eigenvalue weighted by molar-refractivity contribution is 0.167. The minimum atomic E-state index is 0.749. The molecule has 0 spiro atoms. The molecule has 5 heteroatoms. The van der Waals surface area contributed by atoms with Gasteiger partial charge in [0.05, 0.1) is 0 Å². The van der Waals surface area contributed by atoms with Crippen LogP contribution < -0.4 is 4.90 Å². The smallest absolute Gasteiger partial charge is 0.189 e. The fourth-order valence-corrected chi connectivity index (χ4v) is 4.26. The Labute approximate surface area is 138 Å². The van der Waals surface area contributed by atoms with Crippen LogP contribution in [0, 0.1) is 12.8 Å². The van der Waals surface area contributed by atoms with Gasteiger partial charge in [-0.1, -0.05) is 11.8 Å². The lowest BCUT2D eigenvalue weighted by atomic mass is 9.89. The summed E-state index contributed by atoms with van der Waals surface area (Å²) in [4.78, 5) is 14.3. The van der Waals surface area contributed by atoms with Gasteiger partial charge in [-0.3, -0.25) is 0 Å². The van der Waals surface area contributed by atoms with E-state index in [1.54, 1.807) is 11.8 Å². The molecular weight excluding hydrogens is 292 g/mol. The molecule has 0 saturated carbocycles. The Bertz CT molecular complexity index is 493. The van der Waals surface area contributed by atoms with Gasteiger partial charge in [0.2, 0.25) is 0 Å². The SMILES string of the molecule is CSc1nc(C)cc(N2CCC(C(C)N3CCCC3)CC2)n1. The zero-order valence-corrected chi connectivity index (χ0v) is 14.9. The van der Waals surface area contributed by atoms with Gasteiger partial charge in [-0.25, -0.2) is 9.97 Å². The fourth-order valence-electron chi connectivity index (χ4n) is 3.84. The summed E-state index contributed by atoms with van der Waals surface area (Å²) in [5, 5.41) is 0.891. The van der Waals surface area contributed by atoms with Crippen molar-refractivity contribution in [2.45, 2.75) is 50.7 Å². The van der Waals surface area contributed by atoms with Crippen LogP contribution in [0.1, 0.15) is 38.3 Å². The maximum absolute atomic E-state index is 4.69. The van der Waals surface area contributed by atoms with Crippen LogP contribution in [0.4, 0.5) is 5.82 Å². The number of aryl methyl sites for hydroxylation is 1. The highest BCUT2D eigenvalue weighted by Crippen LogP contribution is 2.29. The first-order valence-corrected chi connectivity index (χ1v) is 9.78. The third-order valence-electron chi connectivity index (χ3n) is 5.27. The summed E-state index contributed by atoms with van der Waals surface area (Å²) in [7, 11) is 0. The largest absolute Gasteiger partial charge is 0.356 e. The summed E-state index contributed by atoms with van der Waals surface area (Å²) in [5.74, 6) is 1.96. The first-order chi connectivity index (χ1) is 10.7. The molecule has 1 atom stereocenters. The molecule has 0 N–H and O–H groups in total. The molecule has 3 heterocycles. The van der Waals surface area contributed by atoms with Gasteiger partial charge in [-0.15, -0.1) is 0 Å². The molecule has 0 bridgehead atoms. The van der Waals surface area contributed by atoms with Gasteiger partial charge >= 0.3 is 0 Å². The molecule has 2 fully saturated rings. The van der Waals surface area contributed by atoms with E-state index in [4.69, 9.17) is 4.98 Å². The molecule has 122 valence electrons. The van der Waals surface area contributed by atoms with Gasteiger partial charge in [0.1, 0.15) is 5.82 Å². The molecular formula is C17H28N4S. The third kappa shape index (κ3) is 3.57. The molecule has 2 aliphatic rings. The maximum atomic E-state index is 4.69. The Hall–Kier alpha value is -0.810. The van der Waals surface area contributed by atoms with Crippen molar-refractivity contribution in [3.8, 4) is 0 Å². The van der Waals surface area contributed by atoms with Crippen LogP contribution in [0.25, 0.3) is 0 Å². The molecule has 22 heavy (non-hydrogen) atoms. The average Bonchev–Trinajstić information content (AvgIpc) is 3.08. The second kappa shape index (κ2) is 7.18. The van der Waals surface area contributed by atoms with Crippen molar-refractivity contribution >= 4 is 17.6 Å². The number of anilines is 1. The Balaban J connectivity index is 1.60. The predicted molar refractivity (Wildman–Crippen MR) is 93.8 cm³/mol. The van der Waals surface area contributed by atoms with Crippen molar-refractivity contribution < 1.29 is 0 Å². The predicted octanol–water partition coefficient (Wildman–Crippen LogP) is 3.21. The van der Waals surface area contributed by atoms with Crippen molar-refractivity contribution in [3.63, 3.8) is 0 Å². The van der Waals surface area contributed by atoms with E-state index in [0.717, 1.165) is 41.7 Å². The van der Waals surface area contributed by atoms with Crippen LogP contribution in [0.2, 0.25) is 0 Å². The molecule has 2 aliphatic heterocycles. The van der Waals surface area contributed by atoms with E-state index < -0.39 is 0 Å². The molecule has 1 aromatic rings. The molecule has 4 nitrogen and oxygen atoms in total. The van der Waals surface area contributed by atoms with E-state index in [2.05, 4.69) is 34.7 Å². The second-order valence-electron chi connectivity index (χ2n) is 6.66. The van der Waals surface area contributed by atoms with Crippen molar-refractivity contribution in [1.82, 2.24) is 14.9 Å². The number of aromatic nitrogens is 2. The minimum Gasteiger partial charge on any atom is -0.356 e. The molecule has 3 rings (SSSR count). The van der Waals surface area contributed by atoms with E-state index in [9.17, 15) is 0 Å². The topological polar surface area (TPSA) is 32.3 Å². The molecule has 0 radical (unpaired) electrons.